The molecule has 0 aliphatic carbocycles. The fourth-order valence-corrected chi connectivity index (χ4v) is 2.64. The Morgan fingerprint density at radius 2 is 1.50 bits per heavy atom. The molecule has 1 atom stereocenters. The van der Waals surface area contributed by atoms with E-state index < -0.39 is 0 Å². The van der Waals surface area contributed by atoms with Crippen LogP contribution >= 0.6 is 0 Å². The van der Waals surface area contributed by atoms with Crippen LogP contribution in [-0.4, -0.2) is 32.0 Å². The fraction of sp³-hybridized carbons (Fsp3) is 0.250. The second kappa shape index (κ2) is 8.79. The van der Waals surface area contributed by atoms with E-state index in [1.807, 2.05) is 38.1 Å². The fourth-order valence-electron chi connectivity index (χ4n) is 2.64. The van der Waals surface area contributed by atoms with Crippen LogP contribution in [0.4, 0.5) is 11.4 Å². The maximum absolute atomic E-state index is 12.2. The summed E-state index contributed by atoms with van der Waals surface area (Å²) in [5, 5.41) is 14.5. The van der Waals surface area contributed by atoms with Gasteiger partial charge in [0.15, 0.2) is 13.1 Å². The van der Waals surface area contributed by atoms with Gasteiger partial charge in [-0.15, -0.1) is 0 Å². The molecule has 0 aromatic heterocycles. The van der Waals surface area contributed by atoms with Crippen LogP contribution in [0.5, 0.6) is 0 Å². The number of carbonyl (C=O) groups is 2. The van der Waals surface area contributed by atoms with Crippen molar-refractivity contribution in [3.63, 3.8) is 0 Å². The number of anilines is 2. The molecule has 0 aliphatic rings. The molecule has 0 aliphatic heterocycles. The SMILES string of the molecule is Cc1cccc(C)c1NC(=O)C[NH+](C)CC(=O)Nc1ccc(C#N)cc1. The molecule has 0 saturated heterocycles. The molecule has 0 radical (unpaired) electrons. The standard InChI is InChI=1S/C20H22N4O2/c1-14-5-4-6-15(2)20(14)23-19(26)13-24(3)12-18(25)22-17-9-7-16(11-21)8-10-17/h4-10H,12-13H2,1-3H3,(H,22,25)(H,23,26)/p+1. The van der Waals surface area contributed by atoms with Gasteiger partial charge in [-0.05, 0) is 49.2 Å². The molecule has 2 aromatic carbocycles. The lowest BCUT2D eigenvalue weighted by molar-refractivity contribution is -0.862. The Balaban J connectivity index is 1.85. The lowest BCUT2D eigenvalue weighted by atomic mass is 10.1. The lowest BCUT2D eigenvalue weighted by Crippen LogP contribution is -3.11. The zero-order chi connectivity index (χ0) is 19.1. The average molecular weight is 351 g/mol. The smallest absolute Gasteiger partial charge is 0.279 e. The van der Waals surface area contributed by atoms with Gasteiger partial charge >= 0.3 is 0 Å². The number of hydrogen-bond acceptors (Lipinski definition) is 3. The maximum Gasteiger partial charge on any atom is 0.279 e. The third-order valence-corrected chi connectivity index (χ3v) is 3.97. The molecule has 26 heavy (non-hydrogen) atoms. The van der Waals surface area contributed by atoms with E-state index in [9.17, 15) is 9.59 Å². The number of para-hydroxylation sites is 1. The zero-order valence-electron chi connectivity index (χ0n) is 15.2. The van der Waals surface area contributed by atoms with E-state index in [2.05, 4.69) is 10.6 Å². The van der Waals surface area contributed by atoms with E-state index in [0.717, 1.165) is 21.7 Å². The van der Waals surface area contributed by atoms with Gasteiger partial charge in [-0.2, -0.15) is 5.26 Å². The van der Waals surface area contributed by atoms with Gasteiger partial charge in [0, 0.05) is 11.4 Å². The summed E-state index contributed by atoms with van der Waals surface area (Å²) < 4.78 is 0. The Morgan fingerprint density at radius 3 is 2.04 bits per heavy atom. The summed E-state index contributed by atoms with van der Waals surface area (Å²) in [6.07, 6.45) is 0. The van der Waals surface area contributed by atoms with Crippen molar-refractivity contribution in [3.05, 3.63) is 59.2 Å². The van der Waals surface area contributed by atoms with Gasteiger partial charge in [-0.1, -0.05) is 18.2 Å². The highest BCUT2D eigenvalue weighted by molar-refractivity contribution is 5.94. The van der Waals surface area contributed by atoms with Crippen LogP contribution in [0.3, 0.4) is 0 Å². The van der Waals surface area contributed by atoms with E-state index in [0.29, 0.717) is 11.3 Å². The molecule has 3 N–H and O–H groups in total. The van der Waals surface area contributed by atoms with E-state index in [1.54, 1.807) is 31.3 Å². The van der Waals surface area contributed by atoms with Crippen molar-refractivity contribution in [1.82, 2.24) is 0 Å². The summed E-state index contributed by atoms with van der Waals surface area (Å²) in [6, 6.07) is 14.5. The second-order valence-corrected chi connectivity index (χ2v) is 6.36. The monoisotopic (exact) mass is 351 g/mol. The van der Waals surface area contributed by atoms with Crippen LogP contribution in [0.25, 0.3) is 0 Å². The molecule has 6 heteroatoms. The summed E-state index contributed by atoms with van der Waals surface area (Å²) >= 11 is 0. The normalized spacial score (nSPS) is 11.3. The quantitative estimate of drug-likeness (QED) is 0.732. The van der Waals surface area contributed by atoms with Gasteiger partial charge in [0.25, 0.3) is 11.8 Å². The molecule has 0 bridgehead atoms. The summed E-state index contributed by atoms with van der Waals surface area (Å²) in [6.45, 7) is 4.25. The molecule has 2 aromatic rings. The number of benzene rings is 2. The van der Waals surface area contributed by atoms with E-state index in [1.165, 1.54) is 0 Å². The van der Waals surface area contributed by atoms with Crippen molar-refractivity contribution in [3.8, 4) is 6.07 Å². The molecule has 0 saturated carbocycles. The number of hydrogen-bond donors (Lipinski definition) is 3. The van der Waals surface area contributed by atoms with Crippen LogP contribution in [0, 0.1) is 25.2 Å². The number of nitriles is 1. The number of aryl methyl sites for hydroxylation is 2. The Kier molecular flexibility index (Phi) is 6.48. The van der Waals surface area contributed by atoms with Crippen LogP contribution in [0.2, 0.25) is 0 Å². The summed E-state index contributed by atoms with van der Waals surface area (Å²) in [4.78, 5) is 25.1. The van der Waals surface area contributed by atoms with Gasteiger partial charge < -0.3 is 15.5 Å². The Bertz CT molecular complexity index is 818. The van der Waals surface area contributed by atoms with Crippen molar-refractivity contribution in [2.24, 2.45) is 0 Å². The number of likely N-dealkylation sites (N-methyl/N-ethyl adjacent to an activating group) is 1. The minimum Gasteiger partial charge on any atom is -0.322 e. The molecule has 0 heterocycles. The number of amides is 2. The molecular weight excluding hydrogens is 328 g/mol. The highest BCUT2D eigenvalue weighted by Gasteiger charge is 2.15. The number of nitrogens with one attached hydrogen (secondary N) is 3. The number of nitrogens with zero attached hydrogens (tertiary/aromatic N) is 1. The van der Waals surface area contributed by atoms with Gasteiger partial charge in [0.05, 0.1) is 18.7 Å². The van der Waals surface area contributed by atoms with E-state index in [4.69, 9.17) is 5.26 Å². The third-order valence-electron chi connectivity index (χ3n) is 3.97. The minimum atomic E-state index is -0.188. The topological polar surface area (TPSA) is 86.4 Å². The van der Waals surface area contributed by atoms with Gasteiger partial charge in [-0.25, -0.2) is 0 Å². The maximum atomic E-state index is 12.2. The van der Waals surface area contributed by atoms with Crippen molar-refractivity contribution in [2.75, 3.05) is 30.8 Å². The van der Waals surface area contributed by atoms with Crippen LogP contribution in [0.1, 0.15) is 16.7 Å². The Labute approximate surface area is 153 Å². The van der Waals surface area contributed by atoms with Crippen molar-refractivity contribution < 1.29 is 14.5 Å². The molecular formula is C20H23N4O2+. The third kappa shape index (κ3) is 5.43. The Morgan fingerprint density at radius 1 is 0.962 bits per heavy atom. The first-order chi connectivity index (χ1) is 12.4. The first-order valence-electron chi connectivity index (χ1n) is 8.36. The second-order valence-electron chi connectivity index (χ2n) is 6.36. The van der Waals surface area contributed by atoms with E-state index in [-0.39, 0.29) is 24.9 Å². The van der Waals surface area contributed by atoms with Gasteiger partial charge in [-0.3, -0.25) is 9.59 Å². The highest BCUT2D eigenvalue weighted by atomic mass is 16.2. The predicted octanol–water partition coefficient (Wildman–Crippen LogP) is 1.27. The van der Waals surface area contributed by atoms with Crippen molar-refractivity contribution in [1.29, 1.82) is 5.26 Å². The van der Waals surface area contributed by atoms with Crippen LogP contribution in [-0.2, 0) is 9.59 Å². The van der Waals surface area contributed by atoms with Crippen molar-refractivity contribution >= 4 is 23.2 Å². The van der Waals surface area contributed by atoms with Crippen LogP contribution in [0.15, 0.2) is 42.5 Å². The molecule has 134 valence electrons. The number of carbonyl (C=O) groups excluding carboxylic acids is 2. The molecule has 0 spiro atoms. The predicted molar refractivity (Wildman–Crippen MR) is 101 cm³/mol. The molecule has 6 nitrogen and oxygen atoms in total. The molecule has 0 fully saturated rings. The first-order valence-corrected chi connectivity index (χ1v) is 8.36. The number of quaternary nitrogens is 1. The lowest BCUT2D eigenvalue weighted by Gasteiger charge is -2.15. The first kappa shape index (κ1) is 19.2. The van der Waals surface area contributed by atoms with Gasteiger partial charge in [0.2, 0.25) is 0 Å². The molecule has 2 amide bonds. The number of rotatable bonds is 6. The van der Waals surface area contributed by atoms with Gasteiger partial charge in [0.1, 0.15) is 0 Å². The van der Waals surface area contributed by atoms with E-state index >= 15 is 0 Å². The van der Waals surface area contributed by atoms with Crippen molar-refractivity contribution in [2.45, 2.75) is 13.8 Å². The molecule has 2 rings (SSSR count). The highest BCUT2D eigenvalue weighted by Crippen LogP contribution is 2.18. The molecule has 1 unspecified atom stereocenters. The largest absolute Gasteiger partial charge is 0.322 e. The minimum absolute atomic E-state index is 0.133. The van der Waals surface area contributed by atoms with Crippen LogP contribution < -0.4 is 15.5 Å². The zero-order valence-corrected chi connectivity index (χ0v) is 15.2. The average Bonchev–Trinajstić information content (AvgIpc) is 2.58. The summed E-state index contributed by atoms with van der Waals surface area (Å²) in [5.41, 5.74) is 4.01. The summed E-state index contributed by atoms with van der Waals surface area (Å²) in [5.74, 6) is -0.321. The summed E-state index contributed by atoms with van der Waals surface area (Å²) in [7, 11) is 1.79. The Hall–Kier alpha value is -3.17.